The summed E-state index contributed by atoms with van der Waals surface area (Å²) in [5, 5.41) is 3.02. The van der Waals surface area contributed by atoms with Gasteiger partial charge in [0.25, 0.3) is 0 Å². The summed E-state index contributed by atoms with van der Waals surface area (Å²) >= 11 is 8.85. The van der Waals surface area contributed by atoms with Gasteiger partial charge in [-0.25, -0.2) is 0 Å². The Labute approximate surface area is 89.7 Å². The fourth-order valence-electron chi connectivity index (χ4n) is 1.07. The first-order valence-electron chi connectivity index (χ1n) is 3.82. The van der Waals surface area contributed by atoms with Crippen molar-refractivity contribution in [1.82, 2.24) is 6.15 Å². The number of thiocarbonyl (C=S) groups is 1. The summed E-state index contributed by atoms with van der Waals surface area (Å²) < 4.78 is 0.510. The van der Waals surface area contributed by atoms with Gasteiger partial charge in [-0.05, 0) is 18.1 Å². The van der Waals surface area contributed by atoms with Gasteiger partial charge in [-0.1, -0.05) is 37.3 Å². The highest BCUT2D eigenvalue weighted by Crippen LogP contribution is 2.15. The summed E-state index contributed by atoms with van der Waals surface area (Å²) in [5.41, 5.74) is 2.31. The lowest BCUT2D eigenvalue weighted by Crippen LogP contribution is -2.03. The number of thiol groups is 1. The van der Waals surface area contributed by atoms with E-state index in [1.54, 1.807) is 0 Å². The van der Waals surface area contributed by atoms with Crippen molar-refractivity contribution in [3.63, 3.8) is 0 Å². The number of rotatable bonds is 2. The Bertz CT molecular complexity index is 287. The van der Waals surface area contributed by atoms with Gasteiger partial charge in [0, 0.05) is 5.69 Å². The van der Waals surface area contributed by atoms with E-state index in [0.717, 1.165) is 12.1 Å². The standard InChI is InChI=1S/C9H11NS2.H3N/c1-2-7-5-3-4-6-8(7)10-9(11)12;/h3-6H,2H2,1H3,(H2,10,11,12);1H3. The summed E-state index contributed by atoms with van der Waals surface area (Å²) in [6.45, 7) is 2.11. The molecule has 0 aliphatic carbocycles. The minimum atomic E-state index is 0. The van der Waals surface area contributed by atoms with Crippen LogP contribution in [-0.4, -0.2) is 4.32 Å². The predicted molar refractivity (Wildman–Crippen MR) is 66.0 cm³/mol. The molecule has 0 saturated heterocycles. The van der Waals surface area contributed by atoms with Crippen LogP contribution in [0, 0.1) is 0 Å². The van der Waals surface area contributed by atoms with Crippen molar-refractivity contribution in [3.05, 3.63) is 29.8 Å². The lowest BCUT2D eigenvalue weighted by atomic mass is 10.1. The number of hydrogen-bond acceptors (Lipinski definition) is 2. The van der Waals surface area contributed by atoms with Gasteiger partial charge >= 0.3 is 0 Å². The van der Waals surface area contributed by atoms with Gasteiger partial charge in [-0.2, -0.15) is 0 Å². The Balaban J connectivity index is 0.00000144. The molecule has 0 saturated carbocycles. The molecular formula is C9H14N2S2. The topological polar surface area (TPSA) is 47.0 Å². The van der Waals surface area contributed by atoms with E-state index in [2.05, 4.69) is 30.9 Å². The van der Waals surface area contributed by atoms with Crippen molar-refractivity contribution in [2.45, 2.75) is 13.3 Å². The fourth-order valence-corrected chi connectivity index (χ4v) is 1.30. The molecule has 2 nitrogen and oxygen atoms in total. The zero-order valence-corrected chi connectivity index (χ0v) is 9.29. The first-order chi connectivity index (χ1) is 5.74. The van der Waals surface area contributed by atoms with E-state index in [0.29, 0.717) is 4.32 Å². The highest BCUT2D eigenvalue weighted by molar-refractivity contribution is 8.11. The van der Waals surface area contributed by atoms with Crippen LogP contribution < -0.4 is 11.5 Å². The molecule has 4 heteroatoms. The summed E-state index contributed by atoms with van der Waals surface area (Å²) in [5.74, 6) is 0. The van der Waals surface area contributed by atoms with E-state index in [9.17, 15) is 0 Å². The molecule has 0 amide bonds. The molecule has 0 aromatic heterocycles. The third-order valence-corrected chi connectivity index (χ3v) is 1.85. The molecule has 0 heterocycles. The Morgan fingerprint density at radius 3 is 2.62 bits per heavy atom. The highest BCUT2D eigenvalue weighted by Gasteiger charge is 1.98. The summed E-state index contributed by atoms with van der Waals surface area (Å²) in [4.78, 5) is 0. The molecule has 72 valence electrons. The normalized spacial score (nSPS) is 8.77. The van der Waals surface area contributed by atoms with Crippen molar-refractivity contribution in [2.24, 2.45) is 0 Å². The highest BCUT2D eigenvalue weighted by atomic mass is 32.1. The van der Waals surface area contributed by atoms with Crippen molar-refractivity contribution >= 4 is 34.9 Å². The molecule has 1 aromatic carbocycles. The minimum absolute atomic E-state index is 0. The Kier molecular flexibility index (Phi) is 5.70. The number of nitrogens with one attached hydrogen (secondary N) is 1. The second-order valence-electron chi connectivity index (χ2n) is 2.44. The third kappa shape index (κ3) is 3.76. The molecule has 1 rings (SSSR count). The van der Waals surface area contributed by atoms with E-state index in [1.165, 1.54) is 5.56 Å². The second kappa shape index (κ2) is 5.96. The smallest absolute Gasteiger partial charge is 0.135 e. The van der Waals surface area contributed by atoms with Gasteiger partial charge < -0.3 is 11.5 Å². The van der Waals surface area contributed by atoms with Gasteiger partial charge in [-0.3, -0.25) is 0 Å². The zero-order chi connectivity index (χ0) is 8.97. The maximum Gasteiger partial charge on any atom is 0.135 e. The van der Waals surface area contributed by atoms with Crippen LogP contribution in [0.1, 0.15) is 12.5 Å². The quantitative estimate of drug-likeness (QED) is 0.524. The fraction of sp³-hybridized carbons (Fsp3) is 0.222. The van der Waals surface area contributed by atoms with Crippen molar-refractivity contribution < 1.29 is 0 Å². The summed E-state index contributed by atoms with van der Waals surface area (Å²) in [6, 6.07) is 8.08. The van der Waals surface area contributed by atoms with Crippen LogP contribution >= 0.6 is 24.8 Å². The monoisotopic (exact) mass is 214 g/mol. The maximum atomic E-state index is 4.84. The van der Waals surface area contributed by atoms with Crippen LogP contribution in [0.3, 0.4) is 0 Å². The third-order valence-electron chi connectivity index (χ3n) is 1.64. The van der Waals surface area contributed by atoms with Crippen LogP contribution in [0.15, 0.2) is 24.3 Å². The molecule has 0 atom stereocenters. The minimum Gasteiger partial charge on any atom is -0.344 e. The molecule has 0 aliphatic rings. The van der Waals surface area contributed by atoms with Crippen molar-refractivity contribution in [1.29, 1.82) is 0 Å². The average molecular weight is 214 g/mol. The van der Waals surface area contributed by atoms with Gasteiger partial charge in [0.2, 0.25) is 0 Å². The number of aryl methyl sites for hydroxylation is 1. The van der Waals surface area contributed by atoms with Gasteiger partial charge in [0.15, 0.2) is 0 Å². The number of para-hydroxylation sites is 1. The van der Waals surface area contributed by atoms with E-state index >= 15 is 0 Å². The molecule has 13 heavy (non-hydrogen) atoms. The van der Waals surface area contributed by atoms with Gasteiger partial charge in [0.1, 0.15) is 4.32 Å². The van der Waals surface area contributed by atoms with E-state index < -0.39 is 0 Å². The molecule has 0 aliphatic heterocycles. The molecule has 1 aromatic rings. The Morgan fingerprint density at radius 1 is 1.46 bits per heavy atom. The Morgan fingerprint density at radius 2 is 2.08 bits per heavy atom. The van der Waals surface area contributed by atoms with Crippen LogP contribution in [0.2, 0.25) is 0 Å². The number of benzene rings is 1. The lowest BCUT2D eigenvalue weighted by Gasteiger charge is -2.07. The van der Waals surface area contributed by atoms with E-state index in [-0.39, 0.29) is 6.15 Å². The largest absolute Gasteiger partial charge is 0.344 e. The zero-order valence-electron chi connectivity index (χ0n) is 7.58. The molecular weight excluding hydrogens is 200 g/mol. The molecule has 0 fully saturated rings. The molecule has 0 radical (unpaired) electrons. The first kappa shape index (κ1) is 12.4. The average Bonchev–Trinajstić information content (AvgIpc) is 2.04. The summed E-state index contributed by atoms with van der Waals surface area (Å²) in [6.07, 6.45) is 1.000. The first-order valence-corrected chi connectivity index (χ1v) is 4.67. The molecule has 0 bridgehead atoms. The van der Waals surface area contributed by atoms with Crippen LogP contribution in [-0.2, 0) is 6.42 Å². The second-order valence-corrected chi connectivity index (χ2v) is 3.60. The Hall–Kier alpha value is -0.580. The molecule has 0 unspecified atom stereocenters. The number of hydrogen-bond donors (Lipinski definition) is 3. The van der Waals surface area contributed by atoms with Crippen molar-refractivity contribution in [2.75, 3.05) is 5.32 Å². The van der Waals surface area contributed by atoms with E-state index in [1.807, 2.05) is 18.2 Å². The lowest BCUT2D eigenvalue weighted by molar-refractivity contribution is 1.14. The predicted octanol–water partition coefficient (Wildman–Crippen LogP) is 3.04. The van der Waals surface area contributed by atoms with Crippen LogP contribution in [0.25, 0.3) is 0 Å². The molecule has 0 spiro atoms. The molecule has 4 N–H and O–H groups in total. The van der Waals surface area contributed by atoms with Gasteiger partial charge in [0.05, 0.1) is 0 Å². The van der Waals surface area contributed by atoms with Crippen LogP contribution in [0.4, 0.5) is 5.69 Å². The van der Waals surface area contributed by atoms with Crippen molar-refractivity contribution in [3.8, 4) is 0 Å². The van der Waals surface area contributed by atoms with Gasteiger partial charge in [-0.15, -0.1) is 12.6 Å². The number of anilines is 1. The summed E-state index contributed by atoms with van der Waals surface area (Å²) in [7, 11) is 0. The SMILES string of the molecule is CCc1ccccc1NC(=S)S.N. The van der Waals surface area contributed by atoms with E-state index in [4.69, 9.17) is 12.2 Å². The van der Waals surface area contributed by atoms with Crippen LogP contribution in [0.5, 0.6) is 0 Å². The maximum absolute atomic E-state index is 4.84.